The molecule has 3 heteroatoms. The van der Waals surface area contributed by atoms with Crippen LogP contribution in [0.4, 0.5) is 11.4 Å². The Hall–Kier alpha value is -2.00. The Kier molecular flexibility index (Phi) is 4.41. The van der Waals surface area contributed by atoms with E-state index in [0.29, 0.717) is 0 Å². The van der Waals surface area contributed by atoms with Crippen molar-refractivity contribution < 1.29 is 0 Å². The van der Waals surface area contributed by atoms with Gasteiger partial charge in [-0.1, -0.05) is 30.3 Å². The molecule has 1 fully saturated rings. The number of benzene rings is 2. The molecule has 0 atom stereocenters. The highest BCUT2D eigenvalue weighted by Gasteiger charge is 2.14. The van der Waals surface area contributed by atoms with Crippen molar-refractivity contribution in [2.45, 2.75) is 26.3 Å². The standard InChI is InChI=1S/C18H23N3/c1-15-13-16(9-10-18(15)21-11-5-6-12-21)14-19-20-17-7-3-2-4-8-17/h2-4,7-10,13,19-20H,5-6,11-12,14H2,1H3. The summed E-state index contributed by atoms with van der Waals surface area (Å²) < 4.78 is 0. The lowest BCUT2D eigenvalue weighted by atomic mass is 10.1. The van der Waals surface area contributed by atoms with E-state index in [4.69, 9.17) is 0 Å². The smallest absolute Gasteiger partial charge is 0.0487 e. The second kappa shape index (κ2) is 6.64. The van der Waals surface area contributed by atoms with Crippen LogP contribution < -0.4 is 15.8 Å². The fourth-order valence-corrected chi connectivity index (χ4v) is 2.91. The van der Waals surface area contributed by atoms with Crippen molar-refractivity contribution in [3.8, 4) is 0 Å². The van der Waals surface area contributed by atoms with Gasteiger partial charge >= 0.3 is 0 Å². The maximum Gasteiger partial charge on any atom is 0.0487 e. The number of hydrogen-bond acceptors (Lipinski definition) is 3. The molecule has 1 saturated heterocycles. The zero-order chi connectivity index (χ0) is 14.5. The van der Waals surface area contributed by atoms with Crippen molar-refractivity contribution in [3.63, 3.8) is 0 Å². The highest BCUT2D eigenvalue weighted by Crippen LogP contribution is 2.24. The number of para-hydroxylation sites is 1. The highest BCUT2D eigenvalue weighted by atomic mass is 15.3. The molecule has 110 valence electrons. The molecule has 2 aromatic carbocycles. The molecule has 0 spiro atoms. The normalized spacial score (nSPS) is 14.4. The molecule has 0 bridgehead atoms. The van der Waals surface area contributed by atoms with E-state index in [9.17, 15) is 0 Å². The monoisotopic (exact) mass is 281 g/mol. The van der Waals surface area contributed by atoms with Gasteiger partial charge in [0.15, 0.2) is 0 Å². The van der Waals surface area contributed by atoms with Gasteiger partial charge in [-0.15, -0.1) is 0 Å². The molecule has 2 aromatic rings. The van der Waals surface area contributed by atoms with Gasteiger partial charge in [0.25, 0.3) is 0 Å². The lowest BCUT2D eigenvalue weighted by Gasteiger charge is -2.20. The number of anilines is 2. The van der Waals surface area contributed by atoms with Crippen molar-refractivity contribution in [2.24, 2.45) is 0 Å². The minimum Gasteiger partial charge on any atom is -0.371 e. The fraction of sp³-hybridized carbons (Fsp3) is 0.333. The summed E-state index contributed by atoms with van der Waals surface area (Å²) in [6.07, 6.45) is 2.65. The number of nitrogens with one attached hydrogen (secondary N) is 2. The maximum atomic E-state index is 3.27. The van der Waals surface area contributed by atoms with Gasteiger partial charge in [0.05, 0.1) is 0 Å². The van der Waals surface area contributed by atoms with Crippen LogP contribution >= 0.6 is 0 Å². The number of nitrogens with zero attached hydrogens (tertiary/aromatic N) is 1. The summed E-state index contributed by atoms with van der Waals surface area (Å²) in [6.45, 7) is 5.43. The predicted octanol–water partition coefficient (Wildman–Crippen LogP) is 3.71. The van der Waals surface area contributed by atoms with Crippen molar-refractivity contribution in [1.29, 1.82) is 0 Å². The Morgan fingerprint density at radius 2 is 1.76 bits per heavy atom. The average molecular weight is 281 g/mol. The third-order valence-electron chi connectivity index (χ3n) is 4.01. The van der Waals surface area contributed by atoms with Crippen LogP contribution in [-0.4, -0.2) is 13.1 Å². The van der Waals surface area contributed by atoms with E-state index < -0.39 is 0 Å². The van der Waals surface area contributed by atoms with Crippen LogP contribution in [-0.2, 0) is 6.54 Å². The van der Waals surface area contributed by atoms with Crippen LogP contribution in [0.5, 0.6) is 0 Å². The van der Waals surface area contributed by atoms with Crippen LogP contribution in [0.1, 0.15) is 24.0 Å². The van der Waals surface area contributed by atoms with Crippen LogP contribution in [0, 0.1) is 6.92 Å². The zero-order valence-corrected chi connectivity index (χ0v) is 12.6. The first-order chi connectivity index (χ1) is 10.3. The highest BCUT2D eigenvalue weighted by molar-refractivity contribution is 5.55. The molecule has 0 saturated carbocycles. The lowest BCUT2D eigenvalue weighted by Crippen LogP contribution is -2.21. The summed E-state index contributed by atoms with van der Waals surface area (Å²) in [6, 6.07) is 16.9. The van der Waals surface area contributed by atoms with Crippen molar-refractivity contribution in [3.05, 3.63) is 59.7 Å². The number of rotatable bonds is 5. The first-order valence-corrected chi connectivity index (χ1v) is 7.71. The van der Waals surface area contributed by atoms with E-state index in [0.717, 1.165) is 12.2 Å². The predicted molar refractivity (Wildman–Crippen MR) is 89.5 cm³/mol. The summed E-state index contributed by atoms with van der Waals surface area (Å²) in [7, 11) is 0. The van der Waals surface area contributed by atoms with Crippen LogP contribution in [0.15, 0.2) is 48.5 Å². The van der Waals surface area contributed by atoms with E-state index in [1.54, 1.807) is 0 Å². The molecule has 1 heterocycles. The second-order valence-corrected chi connectivity index (χ2v) is 5.66. The summed E-state index contributed by atoms with van der Waals surface area (Å²) in [5.74, 6) is 0. The summed E-state index contributed by atoms with van der Waals surface area (Å²) in [5, 5.41) is 0. The van der Waals surface area contributed by atoms with Crippen molar-refractivity contribution in [1.82, 2.24) is 5.43 Å². The molecule has 3 nitrogen and oxygen atoms in total. The molecule has 1 aliphatic rings. The van der Waals surface area contributed by atoms with Crippen LogP contribution in [0.3, 0.4) is 0 Å². The minimum atomic E-state index is 0.815. The van der Waals surface area contributed by atoms with Gasteiger partial charge in [-0.2, -0.15) is 0 Å². The van der Waals surface area contributed by atoms with E-state index in [1.165, 1.54) is 42.7 Å². The molecule has 1 aliphatic heterocycles. The Balaban J connectivity index is 1.57. The van der Waals surface area contributed by atoms with Crippen LogP contribution in [0.25, 0.3) is 0 Å². The van der Waals surface area contributed by atoms with Gasteiger partial charge < -0.3 is 10.3 Å². The van der Waals surface area contributed by atoms with Gasteiger partial charge in [0.2, 0.25) is 0 Å². The van der Waals surface area contributed by atoms with Gasteiger partial charge in [-0.25, -0.2) is 5.43 Å². The Bertz CT molecular complexity index is 574. The first kappa shape index (κ1) is 14.0. The molecule has 0 radical (unpaired) electrons. The van der Waals surface area contributed by atoms with Crippen molar-refractivity contribution in [2.75, 3.05) is 23.4 Å². The molecule has 0 unspecified atom stereocenters. The molecule has 3 rings (SSSR count). The SMILES string of the molecule is Cc1cc(CNNc2ccccc2)ccc1N1CCCC1. The number of aryl methyl sites for hydroxylation is 1. The molecule has 0 amide bonds. The minimum absolute atomic E-state index is 0.815. The largest absolute Gasteiger partial charge is 0.371 e. The molecule has 0 aliphatic carbocycles. The molecular weight excluding hydrogens is 258 g/mol. The Morgan fingerprint density at radius 1 is 1.00 bits per heavy atom. The first-order valence-electron chi connectivity index (χ1n) is 7.71. The van der Waals surface area contributed by atoms with E-state index in [-0.39, 0.29) is 0 Å². The molecule has 21 heavy (non-hydrogen) atoms. The quantitative estimate of drug-likeness (QED) is 0.818. The molecular formula is C18H23N3. The zero-order valence-electron chi connectivity index (χ0n) is 12.6. The van der Waals surface area contributed by atoms with E-state index in [1.807, 2.05) is 18.2 Å². The van der Waals surface area contributed by atoms with Gasteiger partial charge in [0, 0.05) is 31.0 Å². The fourth-order valence-electron chi connectivity index (χ4n) is 2.91. The lowest BCUT2D eigenvalue weighted by molar-refractivity contribution is 0.800. The van der Waals surface area contributed by atoms with Crippen LogP contribution in [0.2, 0.25) is 0 Å². The van der Waals surface area contributed by atoms with Gasteiger partial charge in [-0.05, 0) is 49.1 Å². The average Bonchev–Trinajstić information content (AvgIpc) is 3.02. The molecule has 2 N–H and O–H groups in total. The summed E-state index contributed by atoms with van der Waals surface area (Å²) in [4.78, 5) is 2.49. The Morgan fingerprint density at radius 3 is 2.48 bits per heavy atom. The third kappa shape index (κ3) is 3.56. The van der Waals surface area contributed by atoms with E-state index >= 15 is 0 Å². The topological polar surface area (TPSA) is 27.3 Å². The summed E-state index contributed by atoms with van der Waals surface area (Å²) in [5.41, 5.74) is 11.6. The van der Waals surface area contributed by atoms with Gasteiger partial charge in [-0.3, -0.25) is 0 Å². The molecule has 0 aromatic heterocycles. The summed E-state index contributed by atoms with van der Waals surface area (Å²) >= 11 is 0. The van der Waals surface area contributed by atoms with Crippen molar-refractivity contribution >= 4 is 11.4 Å². The third-order valence-corrected chi connectivity index (χ3v) is 4.01. The van der Waals surface area contributed by atoms with Gasteiger partial charge in [0.1, 0.15) is 0 Å². The second-order valence-electron chi connectivity index (χ2n) is 5.66. The number of hydrazine groups is 1. The number of hydrogen-bond donors (Lipinski definition) is 2. The Labute approximate surface area is 127 Å². The maximum absolute atomic E-state index is 3.27. The van der Waals surface area contributed by atoms with E-state index in [2.05, 4.69) is 53.0 Å².